The second kappa shape index (κ2) is 5.33. The predicted molar refractivity (Wildman–Crippen MR) is 82.5 cm³/mol. The summed E-state index contributed by atoms with van der Waals surface area (Å²) in [6.45, 7) is 0.712. The maximum absolute atomic E-state index is 6.38. The minimum Gasteiger partial charge on any atom is -0.370 e. The van der Waals surface area contributed by atoms with Gasteiger partial charge < -0.3 is 10.6 Å². The molecule has 3 rings (SSSR count). The molecule has 0 bridgehead atoms. The van der Waals surface area contributed by atoms with Crippen LogP contribution in [0.25, 0.3) is 0 Å². The van der Waals surface area contributed by atoms with Crippen LogP contribution in [0.2, 0.25) is 5.02 Å². The first-order chi connectivity index (χ1) is 9.16. The third-order valence-electron chi connectivity index (χ3n) is 4.07. The molecule has 19 heavy (non-hydrogen) atoms. The van der Waals surface area contributed by atoms with Crippen molar-refractivity contribution < 1.29 is 0 Å². The number of nitrogens with zero attached hydrogens (tertiary/aromatic N) is 2. The molecule has 3 nitrogen and oxygen atoms in total. The van der Waals surface area contributed by atoms with E-state index in [1.165, 1.54) is 25.7 Å². The smallest absolute Gasteiger partial charge is 0.192 e. The highest BCUT2D eigenvalue weighted by molar-refractivity contribution is 9.10. The van der Waals surface area contributed by atoms with Gasteiger partial charge in [-0.15, -0.1) is 0 Å². The molecule has 1 aliphatic carbocycles. The van der Waals surface area contributed by atoms with Crippen LogP contribution < -0.4 is 5.73 Å². The van der Waals surface area contributed by atoms with Gasteiger partial charge in [-0.2, -0.15) is 0 Å². The van der Waals surface area contributed by atoms with Gasteiger partial charge in [-0.25, -0.2) is 0 Å². The van der Waals surface area contributed by atoms with Crippen molar-refractivity contribution >= 4 is 33.5 Å². The van der Waals surface area contributed by atoms with Crippen LogP contribution in [0.3, 0.4) is 0 Å². The average Bonchev–Trinajstić information content (AvgIpc) is 2.98. The van der Waals surface area contributed by atoms with Crippen LogP contribution in [0.1, 0.15) is 37.3 Å². The third-order valence-corrected chi connectivity index (χ3v) is 4.89. The fraction of sp³-hybridized carbons (Fsp3) is 0.500. The zero-order chi connectivity index (χ0) is 13.4. The first kappa shape index (κ1) is 13.3. The van der Waals surface area contributed by atoms with Crippen LogP contribution in [-0.4, -0.2) is 23.4 Å². The average molecular weight is 343 g/mol. The zero-order valence-corrected chi connectivity index (χ0v) is 13.0. The minimum absolute atomic E-state index is 0.198. The van der Waals surface area contributed by atoms with Gasteiger partial charge in [-0.05, 0) is 30.5 Å². The van der Waals surface area contributed by atoms with E-state index in [9.17, 15) is 0 Å². The summed E-state index contributed by atoms with van der Waals surface area (Å²) in [4.78, 5) is 6.71. The van der Waals surface area contributed by atoms with Crippen molar-refractivity contribution in [1.82, 2.24) is 4.90 Å². The van der Waals surface area contributed by atoms with Crippen LogP contribution in [0.5, 0.6) is 0 Å². The lowest BCUT2D eigenvalue weighted by Crippen LogP contribution is -2.42. The van der Waals surface area contributed by atoms with Crippen LogP contribution in [-0.2, 0) is 0 Å². The van der Waals surface area contributed by atoms with Crippen molar-refractivity contribution in [2.75, 3.05) is 6.54 Å². The SMILES string of the molecule is NC1=NCC(c2ccc(Br)cc2Cl)N1C1CCCC1. The highest BCUT2D eigenvalue weighted by Gasteiger charge is 2.35. The van der Waals surface area contributed by atoms with Crippen molar-refractivity contribution in [3.05, 3.63) is 33.3 Å². The quantitative estimate of drug-likeness (QED) is 0.890. The minimum atomic E-state index is 0.198. The zero-order valence-electron chi connectivity index (χ0n) is 10.6. The standard InChI is InChI=1S/C14H17BrClN3/c15-9-5-6-11(12(16)7-9)13-8-18-14(17)19(13)10-3-1-2-4-10/h5-7,10,13H,1-4,8H2,(H2,17,18). The molecule has 0 spiro atoms. The molecule has 1 aliphatic heterocycles. The van der Waals surface area contributed by atoms with Crippen molar-refractivity contribution in [2.45, 2.75) is 37.8 Å². The Morgan fingerprint density at radius 3 is 2.74 bits per heavy atom. The van der Waals surface area contributed by atoms with E-state index in [1.807, 2.05) is 12.1 Å². The summed E-state index contributed by atoms with van der Waals surface area (Å²) in [5.74, 6) is 0.677. The van der Waals surface area contributed by atoms with Gasteiger partial charge in [0.1, 0.15) is 0 Å². The van der Waals surface area contributed by atoms with E-state index in [4.69, 9.17) is 17.3 Å². The highest BCUT2D eigenvalue weighted by Crippen LogP contribution is 2.37. The molecular formula is C14H17BrClN3. The van der Waals surface area contributed by atoms with Crippen LogP contribution in [0.15, 0.2) is 27.7 Å². The second-order valence-electron chi connectivity index (χ2n) is 5.23. The molecule has 0 saturated heterocycles. The number of halogens is 2. The maximum atomic E-state index is 6.38. The van der Waals surface area contributed by atoms with E-state index >= 15 is 0 Å². The lowest BCUT2D eigenvalue weighted by molar-refractivity contribution is 0.262. The van der Waals surface area contributed by atoms with Crippen LogP contribution in [0.4, 0.5) is 0 Å². The van der Waals surface area contributed by atoms with Gasteiger partial charge in [0.25, 0.3) is 0 Å². The molecule has 2 N–H and O–H groups in total. The summed E-state index contributed by atoms with van der Waals surface area (Å²) in [5.41, 5.74) is 7.22. The predicted octanol–water partition coefficient (Wildman–Crippen LogP) is 3.72. The summed E-state index contributed by atoms with van der Waals surface area (Å²) in [6, 6.07) is 6.77. The number of benzene rings is 1. The van der Waals surface area contributed by atoms with Crippen molar-refractivity contribution in [2.24, 2.45) is 10.7 Å². The lowest BCUT2D eigenvalue weighted by atomic mass is 10.0. The van der Waals surface area contributed by atoms with Crippen molar-refractivity contribution in [3.8, 4) is 0 Å². The highest BCUT2D eigenvalue weighted by atomic mass is 79.9. The van der Waals surface area contributed by atoms with Crippen LogP contribution in [0, 0.1) is 0 Å². The van der Waals surface area contributed by atoms with E-state index in [0.717, 1.165) is 15.1 Å². The van der Waals surface area contributed by atoms with E-state index in [2.05, 4.69) is 31.9 Å². The summed E-state index contributed by atoms with van der Waals surface area (Å²) < 4.78 is 1.00. The molecule has 5 heteroatoms. The number of rotatable bonds is 2. The summed E-state index contributed by atoms with van der Waals surface area (Å²) in [6.07, 6.45) is 4.99. The number of aliphatic imine (C=N–C) groups is 1. The van der Waals surface area contributed by atoms with Gasteiger partial charge in [-0.3, -0.25) is 4.99 Å². The number of hydrogen-bond acceptors (Lipinski definition) is 3. The Bertz CT molecular complexity index is 511. The molecule has 1 aromatic rings. The molecule has 2 aliphatic rings. The first-order valence-corrected chi connectivity index (χ1v) is 7.87. The summed E-state index contributed by atoms with van der Waals surface area (Å²) in [5, 5.41) is 0.785. The Kier molecular flexibility index (Phi) is 3.72. The van der Waals surface area contributed by atoms with E-state index in [-0.39, 0.29) is 6.04 Å². The van der Waals surface area contributed by atoms with E-state index in [1.54, 1.807) is 0 Å². The largest absolute Gasteiger partial charge is 0.370 e. The van der Waals surface area contributed by atoms with Gasteiger partial charge in [-0.1, -0.05) is 46.4 Å². The molecule has 1 saturated carbocycles. The maximum Gasteiger partial charge on any atom is 0.192 e. The van der Waals surface area contributed by atoms with Gasteiger partial charge >= 0.3 is 0 Å². The molecular weight excluding hydrogens is 326 g/mol. The Morgan fingerprint density at radius 2 is 2.05 bits per heavy atom. The molecule has 1 heterocycles. The first-order valence-electron chi connectivity index (χ1n) is 6.70. The van der Waals surface area contributed by atoms with Gasteiger partial charge in [0.15, 0.2) is 5.96 Å². The Balaban J connectivity index is 1.91. The molecule has 0 aromatic heterocycles. The number of nitrogens with two attached hydrogens (primary N) is 1. The number of guanidine groups is 1. The number of hydrogen-bond donors (Lipinski definition) is 1. The third kappa shape index (κ3) is 2.48. The molecule has 1 unspecified atom stereocenters. The van der Waals surface area contributed by atoms with E-state index < -0.39 is 0 Å². The van der Waals surface area contributed by atoms with Crippen molar-refractivity contribution in [3.63, 3.8) is 0 Å². The Morgan fingerprint density at radius 1 is 1.32 bits per heavy atom. The summed E-state index contributed by atoms with van der Waals surface area (Å²) >= 11 is 9.83. The molecule has 1 atom stereocenters. The summed E-state index contributed by atoms with van der Waals surface area (Å²) in [7, 11) is 0. The monoisotopic (exact) mass is 341 g/mol. The van der Waals surface area contributed by atoms with Gasteiger partial charge in [0, 0.05) is 15.5 Å². The fourth-order valence-electron chi connectivity index (χ4n) is 3.15. The van der Waals surface area contributed by atoms with Gasteiger partial charge in [0.2, 0.25) is 0 Å². The Labute approximate surface area is 127 Å². The molecule has 0 amide bonds. The molecule has 102 valence electrons. The topological polar surface area (TPSA) is 41.6 Å². The second-order valence-corrected chi connectivity index (χ2v) is 6.55. The van der Waals surface area contributed by atoms with E-state index in [0.29, 0.717) is 18.5 Å². The Hall–Kier alpha value is -0.740. The van der Waals surface area contributed by atoms with Crippen LogP contribution >= 0.6 is 27.5 Å². The fourth-order valence-corrected chi connectivity index (χ4v) is 3.95. The molecule has 1 fully saturated rings. The lowest BCUT2D eigenvalue weighted by Gasteiger charge is -2.32. The molecule has 1 aromatic carbocycles. The normalized spacial score (nSPS) is 24.0. The molecule has 0 radical (unpaired) electrons. The van der Waals surface area contributed by atoms with Gasteiger partial charge in [0.05, 0.1) is 12.6 Å². The van der Waals surface area contributed by atoms with Crippen molar-refractivity contribution in [1.29, 1.82) is 0 Å².